The molecular formula is C13H18FN6O12P3. The molecule has 1 fully saturated rings. The van der Waals surface area contributed by atoms with Gasteiger partial charge < -0.3 is 40.9 Å². The number of nitrogen functional groups attached to an aromatic ring is 2. The molecule has 3 heterocycles. The lowest BCUT2D eigenvalue weighted by atomic mass is 9.82. The summed E-state index contributed by atoms with van der Waals surface area (Å²) < 4.78 is 67.8. The molecule has 0 bridgehead atoms. The number of rotatable bonds is 8. The molecule has 1 saturated heterocycles. The standard InChI is InChI=1S/C13H18FN6O12P3/c1-12(14)9(21)7(4-29-34(25,26)32-35(27,28)31-33(22,23)24)30-13(12,5-15)8-3-2-6-10(16)18-11(17)19-20(6)8/h2-3,7,9,21H,4H2,1H3,(H,25,26)(H,27,28)(H2,22,23,24)(H4,16,17,18,19)/t7-,9-,12-,13+/m1/s1. The molecule has 0 aromatic carbocycles. The number of nitrogens with zero attached hydrogens (tertiary/aromatic N) is 4. The van der Waals surface area contributed by atoms with E-state index in [1.54, 1.807) is 6.07 Å². The minimum atomic E-state index is -5.82. The van der Waals surface area contributed by atoms with E-state index in [4.69, 9.17) is 26.0 Å². The highest BCUT2D eigenvalue weighted by Crippen LogP contribution is 2.66. The number of phosphoric ester groups is 1. The number of fused-ring (bicyclic) bond motifs is 1. The molecule has 18 nitrogen and oxygen atoms in total. The Morgan fingerprint density at radius 2 is 1.86 bits per heavy atom. The molecule has 0 saturated carbocycles. The van der Waals surface area contributed by atoms with Crippen molar-refractivity contribution in [3.63, 3.8) is 0 Å². The smallest absolute Gasteiger partial charge is 0.387 e. The molecule has 0 aliphatic carbocycles. The van der Waals surface area contributed by atoms with Gasteiger partial charge in [-0.3, -0.25) is 4.52 Å². The zero-order valence-corrected chi connectivity index (χ0v) is 20.0. The second-order valence-electron chi connectivity index (χ2n) is 7.23. The van der Waals surface area contributed by atoms with Crippen molar-refractivity contribution in [2.75, 3.05) is 18.1 Å². The second kappa shape index (κ2) is 8.82. The fourth-order valence-electron chi connectivity index (χ4n) is 3.37. The minimum Gasteiger partial charge on any atom is -0.387 e. The van der Waals surface area contributed by atoms with Crippen LogP contribution >= 0.6 is 23.5 Å². The highest BCUT2D eigenvalue weighted by Gasteiger charge is 2.67. The van der Waals surface area contributed by atoms with E-state index in [-0.39, 0.29) is 23.0 Å². The summed E-state index contributed by atoms with van der Waals surface area (Å²) in [4.78, 5) is 39.6. The Balaban J connectivity index is 1.89. The van der Waals surface area contributed by atoms with E-state index in [1.165, 1.54) is 12.1 Å². The summed E-state index contributed by atoms with van der Waals surface area (Å²) in [6, 6.07) is 4.10. The van der Waals surface area contributed by atoms with Crippen molar-refractivity contribution < 1.29 is 60.6 Å². The van der Waals surface area contributed by atoms with Crippen LogP contribution in [-0.4, -0.2) is 63.8 Å². The molecule has 2 unspecified atom stereocenters. The molecule has 194 valence electrons. The van der Waals surface area contributed by atoms with Crippen molar-refractivity contribution in [2.45, 2.75) is 30.4 Å². The van der Waals surface area contributed by atoms with Crippen LogP contribution in [0, 0.1) is 11.3 Å². The van der Waals surface area contributed by atoms with E-state index in [0.29, 0.717) is 0 Å². The maximum absolute atomic E-state index is 15.8. The number of aliphatic hydroxyl groups is 1. The Hall–Kier alpha value is -2.03. The van der Waals surface area contributed by atoms with Gasteiger partial charge in [-0.15, -0.1) is 5.10 Å². The Kier molecular flexibility index (Phi) is 6.94. The third-order valence-electron chi connectivity index (χ3n) is 4.82. The van der Waals surface area contributed by atoms with Crippen LogP contribution in [0.2, 0.25) is 0 Å². The van der Waals surface area contributed by atoms with E-state index in [2.05, 4.69) is 23.2 Å². The molecule has 22 heteroatoms. The average Bonchev–Trinajstić information content (AvgIpc) is 3.16. The summed E-state index contributed by atoms with van der Waals surface area (Å²) in [5.74, 6) is -0.469. The summed E-state index contributed by atoms with van der Waals surface area (Å²) in [6.07, 6.45) is -4.06. The number of nitriles is 1. The van der Waals surface area contributed by atoms with Gasteiger partial charge in [0.25, 0.3) is 0 Å². The molecule has 2 aromatic heterocycles. The number of ether oxygens (including phenoxy) is 1. The van der Waals surface area contributed by atoms with Crippen molar-refractivity contribution in [3.8, 4) is 6.07 Å². The fraction of sp³-hybridized carbons (Fsp3) is 0.462. The third kappa shape index (κ3) is 5.25. The molecule has 3 rings (SSSR count). The van der Waals surface area contributed by atoms with Gasteiger partial charge in [0.1, 0.15) is 23.8 Å². The van der Waals surface area contributed by atoms with Crippen LogP contribution in [0.1, 0.15) is 12.6 Å². The third-order valence-corrected chi connectivity index (χ3v) is 8.62. The molecule has 0 amide bonds. The molecule has 0 spiro atoms. The zero-order chi connectivity index (χ0) is 26.6. The van der Waals surface area contributed by atoms with Crippen LogP contribution in [0.4, 0.5) is 16.2 Å². The number of hydrogen-bond acceptors (Lipinski definition) is 13. The van der Waals surface area contributed by atoms with Crippen molar-refractivity contribution in [1.29, 1.82) is 5.26 Å². The Morgan fingerprint density at radius 1 is 1.23 bits per heavy atom. The molecule has 35 heavy (non-hydrogen) atoms. The summed E-state index contributed by atoms with van der Waals surface area (Å²) in [5, 5.41) is 24.2. The van der Waals surface area contributed by atoms with Gasteiger partial charge in [-0.05, 0) is 19.1 Å². The van der Waals surface area contributed by atoms with Gasteiger partial charge in [-0.2, -0.15) is 18.9 Å². The second-order valence-corrected chi connectivity index (χ2v) is 11.6. The van der Waals surface area contributed by atoms with Crippen LogP contribution in [0.3, 0.4) is 0 Å². The molecular weight excluding hydrogens is 544 g/mol. The lowest BCUT2D eigenvalue weighted by Gasteiger charge is -2.30. The number of alkyl halides is 1. The van der Waals surface area contributed by atoms with Crippen LogP contribution in [-0.2, 0) is 37.2 Å². The average molecular weight is 562 g/mol. The zero-order valence-electron chi connectivity index (χ0n) is 17.3. The van der Waals surface area contributed by atoms with Crippen molar-refractivity contribution in [3.05, 3.63) is 17.8 Å². The Morgan fingerprint density at radius 3 is 2.43 bits per heavy atom. The number of aromatic nitrogens is 3. The Bertz CT molecular complexity index is 1340. The fourth-order valence-corrected chi connectivity index (χ4v) is 6.40. The van der Waals surface area contributed by atoms with Crippen molar-refractivity contribution in [1.82, 2.24) is 14.6 Å². The summed E-state index contributed by atoms with van der Waals surface area (Å²) >= 11 is 0. The van der Waals surface area contributed by atoms with Gasteiger partial charge in [0.2, 0.25) is 11.5 Å². The maximum Gasteiger partial charge on any atom is 0.490 e. The normalized spacial score (nSPS) is 30.6. The van der Waals surface area contributed by atoms with E-state index >= 15 is 4.39 Å². The monoisotopic (exact) mass is 562 g/mol. The molecule has 1 aliphatic heterocycles. The van der Waals surface area contributed by atoms with Crippen molar-refractivity contribution >= 4 is 40.8 Å². The molecule has 6 atom stereocenters. The first kappa shape index (κ1) is 27.6. The Labute approximate surface area is 194 Å². The predicted octanol–water partition coefficient (Wildman–Crippen LogP) is -0.556. The summed E-state index contributed by atoms with van der Waals surface area (Å²) in [7, 11) is -17.1. The van der Waals surface area contributed by atoms with Crippen LogP contribution < -0.4 is 11.5 Å². The van der Waals surface area contributed by atoms with E-state index in [0.717, 1.165) is 11.4 Å². The first-order valence-electron chi connectivity index (χ1n) is 9.00. The van der Waals surface area contributed by atoms with Gasteiger partial charge in [-0.25, -0.2) is 22.6 Å². The van der Waals surface area contributed by atoms with Gasteiger partial charge in [0.05, 0.1) is 12.3 Å². The maximum atomic E-state index is 15.8. The number of anilines is 2. The van der Waals surface area contributed by atoms with Crippen LogP contribution in [0.25, 0.3) is 5.52 Å². The van der Waals surface area contributed by atoms with Crippen molar-refractivity contribution in [2.24, 2.45) is 0 Å². The number of nitrogens with two attached hydrogens (primary N) is 2. The highest BCUT2D eigenvalue weighted by atomic mass is 31.3. The molecule has 9 N–H and O–H groups in total. The number of hydrogen-bond donors (Lipinski definition) is 7. The molecule has 0 radical (unpaired) electrons. The number of phosphoric acid groups is 3. The van der Waals surface area contributed by atoms with Gasteiger partial charge >= 0.3 is 23.5 Å². The van der Waals surface area contributed by atoms with Gasteiger partial charge in [0, 0.05) is 0 Å². The highest BCUT2D eigenvalue weighted by molar-refractivity contribution is 7.66. The SMILES string of the molecule is C[C@@]1(F)[C@H](O)[C@@H](COP(=O)(O)OP(=O)(O)OP(=O)(O)O)O[C@@]1(C#N)c1ccc2c(N)nc(N)nn12. The quantitative estimate of drug-likeness (QED) is 0.198. The lowest BCUT2D eigenvalue weighted by molar-refractivity contribution is -0.0711. The topological polar surface area (TPSA) is 295 Å². The van der Waals surface area contributed by atoms with E-state index in [9.17, 15) is 33.9 Å². The minimum absolute atomic E-state index is 0.106. The van der Waals surface area contributed by atoms with Gasteiger partial charge in [-0.1, -0.05) is 0 Å². The first-order valence-corrected chi connectivity index (χ1v) is 13.5. The molecule has 1 aliphatic rings. The first-order chi connectivity index (χ1) is 15.8. The van der Waals surface area contributed by atoms with Crippen LogP contribution in [0.5, 0.6) is 0 Å². The summed E-state index contributed by atoms with van der Waals surface area (Å²) in [5.41, 5.74) is 5.58. The van der Waals surface area contributed by atoms with Crippen LogP contribution in [0.15, 0.2) is 12.1 Å². The largest absolute Gasteiger partial charge is 0.490 e. The summed E-state index contributed by atoms with van der Waals surface area (Å²) in [6.45, 7) is -0.421. The lowest BCUT2D eigenvalue weighted by Crippen LogP contribution is -2.48. The predicted molar refractivity (Wildman–Crippen MR) is 109 cm³/mol. The number of halogens is 1. The van der Waals surface area contributed by atoms with Gasteiger partial charge in [0.15, 0.2) is 11.5 Å². The van der Waals surface area contributed by atoms with E-state index < -0.39 is 53.6 Å². The number of aliphatic hydroxyl groups excluding tert-OH is 1. The van der Waals surface area contributed by atoms with E-state index in [1.807, 2.05) is 0 Å². The molecule has 2 aromatic rings.